The summed E-state index contributed by atoms with van der Waals surface area (Å²) in [4.78, 5) is 11.4. The minimum Gasteiger partial charge on any atom is -0.358 e. The molecule has 1 aliphatic heterocycles. The molecule has 3 rings (SSSR count). The smallest absolute Gasteiger partial charge is 0.231 e. The Balaban J connectivity index is 1.63. The molecule has 138 valence electrons. The molecule has 1 saturated heterocycles. The molecule has 0 amide bonds. The van der Waals surface area contributed by atoms with Gasteiger partial charge in [-0.05, 0) is 49.5 Å². The van der Waals surface area contributed by atoms with Crippen molar-refractivity contribution in [2.45, 2.75) is 33.2 Å². The molecule has 1 atom stereocenters. The van der Waals surface area contributed by atoms with Gasteiger partial charge in [0.25, 0.3) is 0 Å². The van der Waals surface area contributed by atoms with Crippen LogP contribution in [-0.4, -0.2) is 28.2 Å². The second-order valence-corrected chi connectivity index (χ2v) is 7.60. The van der Waals surface area contributed by atoms with Crippen molar-refractivity contribution < 1.29 is 0 Å². The SMILES string of the molecule is Cc1cc(N2CCC[C@@H](C)C2)nc(NC(=S)NCc2ccccc2Cl)n1. The molecule has 2 N–H and O–H groups in total. The number of aryl methyl sites for hydroxylation is 1. The Morgan fingerprint density at radius 1 is 1.35 bits per heavy atom. The summed E-state index contributed by atoms with van der Waals surface area (Å²) in [5, 5.41) is 7.45. The summed E-state index contributed by atoms with van der Waals surface area (Å²) in [5.74, 6) is 2.17. The van der Waals surface area contributed by atoms with E-state index < -0.39 is 0 Å². The van der Waals surface area contributed by atoms with Crippen LogP contribution in [0.3, 0.4) is 0 Å². The Hall–Kier alpha value is -1.92. The first-order valence-corrected chi connectivity index (χ1v) is 9.69. The minimum absolute atomic E-state index is 0.480. The summed E-state index contributed by atoms with van der Waals surface area (Å²) in [7, 11) is 0. The lowest BCUT2D eigenvalue weighted by Crippen LogP contribution is -2.35. The third-order valence-electron chi connectivity index (χ3n) is 4.44. The highest BCUT2D eigenvalue weighted by Crippen LogP contribution is 2.22. The largest absolute Gasteiger partial charge is 0.358 e. The van der Waals surface area contributed by atoms with Crippen molar-refractivity contribution in [2.24, 2.45) is 5.92 Å². The molecular formula is C19H24ClN5S. The quantitative estimate of drug-likeness (QED) is 0.766. The molecule has 2 heterocycles. The van der Waals surface area contributed by atoms with Crippen molar-refractivity contribution in [3.8, 4) is 0 Å². The first-order valence-electron chi connectivity index (χ1n) is 8.90. The van der Waals surface area contributed by atoms with E-state index in [0.717, 1.165) is 35.2 Å². The summed E-state index contributed by atoms with van der Waals surface area (Å²) in [6.45, 7) is 6.88. The molecule has 1 aromatic carbocycles. The normalized spacial score (nSPS) is 17.0. The zero-order valence-electron chi connectivity index (χ0n) is 15.1. The Morgan fingerprint density at radius 2 is 2.15 bits per heavy atom. The Morgan fingerprint density at radius 3 is 2.92 bits per heavy atom. The van der Waals surface area contributed by atoms with E-state index in [4.69, 9.17) is 23.8 Å². The highest BCUT2D eigenvalue weighted by molar-refractivity contribution is 7.80. The zero-order valence-corrected chi connectivity index (χ0v) is 16.7. The second kappa shape index (κ2) is 8.64. The van der Waals surface area contributed by atoms with Gasteiger partial charge < -0.3 is 15.5 Å². The second-order valence-electron chi connectivity index (χ2n) is 6.78. The van der Waals surface area contributed by atoms with Gasteiger partial charge in [0, 0.05) is 36.4 Å². The first-order chi connectivity index (χ1) is 12.5. The molecule has 5 nitrogen and oxygen atoms in total. The zero-order chi connectivity index (χ0) is 18.5. The van der Waals surface area contributed by atoms with Gasteiger partial charge in [0.1, 0.15) is 5.82 Å². The Labute approximate surface area is 165 Å². The van der Waals surface area contributed by atoms with Crippen molar-refractivity contribution in [3.63, 3.8) is 0 Å². The fourth-order valence-corrected chi connectivity index (χ4v) is 3.50. The maximum atomic E-state index is 6.17. The number of rotatable bonds is 4. The van der Waals surface area contributed by atoms with Crippen molar-refractivity contribution in [1.82, 2.24) is 15.3 Å². The molecule has 0 aliphatic carbocycles. The number of anilines is 2. The molecule has 0 spiro atoms. The maximum Gasteiger partial charge on any atom is 0.231 e. The molecule has 7 heteroatoms. The number of aromatic nitrogens is 2. The highest BCUT2D eigenvalue weighted by atomic mass is 35.5. The van der Waals surface area contributed by atoms with Crippen molar-refractivity contribution in [3.05, 3.63) is 46.6 Å². The lowest BCUT2D eigenvalue weighted by atomic mass is 10.0. The molecule has 1 fully saturated rings. The first kappa shape index (κ1) is 18.9. The summed E-state index contributed by atoms with van der Waals surface area (Å²) in [5.41, 5.74) is 1.91. The van der Waals surface area contributed by atoms with Crippen LogP contribution in [0, 0.1) is 12.8 Å². The molecule has 0 saturated carbocycles. The molecular weight excluding hydrogens is 366 g/mol. The molecule has 0 radical (unpaired) electrons. The minimum atomic E-state index is 0.480. The van der Waals surface area contributed by atoms with Gasteiger partial charge in [-0.25, -0.2) is 4.98 Å². The standard InChI is InChI=1S/C19H24ClN5S/c1-13-6-5-9-25(12-13)17-10-14(2)22-18(23-17)24-19(26)21-11-15-7-3-4-8-16(15)20/h3-4,7-8,10,13H,5-6,9,11-12H2,1-2H3,(H2,21,22,23,24,26)/t13-/m1/s1. The number of hydrogen-bond donors (Lipinski definition) is 2. The fraction of sp³-hybridized carbons (Fsp3) is 0.421. The van der Waals surface area contributed by atoms with Gasteiger partial charge in [0.15, 0.2) is 5.11 Å². The average Bonchev–Trinajstić information content (AvgIpc) is 2.60. The summed E-state index contributed by atoms with van der Waals surface area (Å²) in [6, 6.07) is 9.73. The molecule has 1 aromatic heterocycles. The van der Waals surface area contributed by atoms with Crippen molar-refractivity contribution in [2.75, 3.05) is 23.3 Å². The summed E-state index contributed by atoms with van der Waals surface area (Å²) < 4.78 is 0. The van der Waals surface area contributed by atoms with E-state index in [-0.39, 0.29) is 0 Å². The van der Waals surface area contributed by atoms with Gasteiger partial charge in [-0.1, -0.05) is 36.7 Å². The average molecular weight is 390 g/mol. The third kappa shape index (κ3) is 5.05. The highest BCUT2D eigenvalue weighted by Gasteiger charge is 2.18. The van der Waals surface area contributed by atoms with Gasteiger partial charge in [0.2, 0.25) is 5.95 Å². The van der Waals surface area contributed by atoms with Gasteiger partial charge in [-0.2, -0.15) is 4.98 Å². The molecule has 0 bridgehead atoms. The van der Waals surface area contributed by atoms with Crippen LogP contribution in [0.15, 0.2) is 30.3 Å². The van der Waals surface area contributed by atoms with E-state index in [1.54, 1.807) is 0 Å². The van der Waals surface area contributed by atoms with Crippen LogP contribution in [0.4, 0.5) is 11.8 Å². The third-order valence-corrected chi connectivity index (χ3v) is 5.06. The van der Waals surface area contributed by atoms with Crippen LogP contribution >= 0.6 is 23.8 Å². The number of piperidine rings is 1. The van der Waals surface area contributed by atoms with E-state index in [1.807, 2.05) is 37.3 Å². The van der Waals surface area contributed by atoms with Crippen molar-refractivity contribution >= 4 is 40.7 Å². The molecule has 2 aromatic rings. The predicted molar refractivity (Wildman–Crippen MR) is 112 cm³/mol. The van der Waals surface area contributed by atoms with Gasteiger partial charge >= 0.3 is 0 Å². The van der Waals surface area contributed by atoms with E-state index in [1.165, 1.54) is 12.8 Å². The summed E-state index contributed by atoms with van der Waals surface area (Å²) >= 11 is 11.6. The Bertz CT molecular complexity index is 782. The van der Waals surface area contributed by atoms with Crippen LogP contribution in [0.1, 0.15) is 31.0 Å². The number of nitrogens with zero attached hydrogens (tertiary/aromatic N) is 3. The van der Waals surface area contributed by atoms with Crippen LogP contribution in [0.25, 0.3) is 0 Å². The maximum absolute atomic E-state index is 6.17. The van der Waals surface area contributed by atoms with E-state index in [9.17, 15) is 0 Å². The number of hydrogen-bond acceptors (Lipinski definition) is 4. The molecule has 0 unspecified atom stereocenters. The van der Waals surface area contributed by atoms with Crippen LogP contribution in [0.5, 0.6) is 0 Å². The number of benzene rings is 1. The van der Waals surface area contributed by atoms with E-state index >= 15 is 0 Å². The molecule has 26 heavy (non-hydrogen) atoms. The van der Waals surface area contributed by atoms with Crippen molar-refractivity contribution in [1.29, 1.82) is 0 Å². The lowest BCUT2D eigenvalue weighted by Gasteiger charge is -2.32. The predicted octanol–water partition coefficient (Wildman–Crippen LogP) is 4.16. The topological polar surface area (TPSA) is 53.1 Å². The Kier molecular flexibility index (Phi) is 6.27. The van der Waals surface area contributed by atoms with Gasteiger partial charge in [-0.15, -0.1) is 0 Å². The van der Waals surface area contributed by atoms with Gasteiger partial charge in [0.05, 0.1) is 0 Å². The van der Waals surface area contributed by atoms with E-state index in [2.05, 4.69) is 32.4 Å². The summed E-state index contributed by atoms with van der Waals surface area (Å²) in [6.07, 6.45) is 2.48. The number of nitrogens with one attached hydrogen (secondary N) is 2. The van der Waals surface area contributed by atoms with Crippen LogP contribution in [-0.2, 0) is 6.54 Å². The molecule has 1 aliphatic rings. The van der Waals surface area contributed by atoms with Gasteiger partial charge in [-0.3, -0.25) is 0 Å². The van der Waals surface area contributed by atoms with E-state index in [0.29, 0.717) is 23.5 Å². The fourth-order valence-electron chi connectivity index (χ4n) is 3.13. The van der Waals surface area contributed by atoms with Crippen LogP contribution < -0.4 is 15.5 Å². The lowest BCUT2D eigenvalue weighted by molar-refractivity contribution is 0.444. The number of thiocarbonyl (C=S) groups is 1. The monoisotopic (exact) mass is 389 g/mol. The van der Waals surface area contributed by atoms with Crippen LogP contribution in [0.2, 0.25) is 5.02 Å². The number of halogens is 1.